The smallest absolute Gasteiger partial charge is 0.246 e. The van der Waals surface area contributed by atoms with Crippen molar-refractivity contribution in [2.45, 2.75) is 26.8 Å². The largest absolute Gasteiger partial charge is 0.493 e. The first-order valence-electron chi connectivity index (χ1n) is 9.34. The lowest BCUT2D eigenvalue weighted by Gasteiger charge is -2.21. The highest BCUT2D eigenvalue weighted by molar-refractivity contribution is 5.92. The fraction of sp³-hybridized carbons (Fsp3) is 0.348. The summed E-state index contributed by atoms with van der Waals surface area (Å²) >= 11 is 0. The van der Waals surface area contributed by atoms with Crippen LogP contribution >= 0.6 is 0 Å². The molecule has 0 fully saturated rings. The van der Waals surface area contributed by atoms with Crippen LogP contribution in [0.25, 0.3) is 6.08 Å². The van der Waals surface area contributed by atoms with E-state index in [1.165, 1.54) is 5.56 Å². The second kappa shape index (κ2) is 10.4. The number of nitrogens with zero attached hydrogens (tertiary/aromatic N) is 1. The van der Waals surface area contributed by atoms with Gasteiger partial charge in [-0.15, -0.1) is 0 Å². The van der Waals surface area contributed by atoms with Gasteiger partial charge in [0.05, 0.1) is 21.3 Å². The average Bonchev–Trinajstić information content (AvgIpc) is 2.72. The molecule has 0 atom stereocenters. The highest BCUT2D eigenvalue weighted by atomic mass is 16.5. The molecule has 0 bridgehead atoms. The Kier molecular flexibility index (Phi) is 7.93. The van der Waals surface area contributed by atoms with Crippen molar-refractivity contribution in [3.63, 3.8) is 0 Å². The number of hydrogen-bond acceptors (Lipinski definition) is 4. The summed E-state index contributed by atoms with van der Waals surface area (Å²) in [4.78, 5) is 14.6. The molecule has 2 rings (SSSR count). The maximum Gasteiger partial charge on any atom is 0.246 e. The van der Waals surface area contributed by atoms with E-state index in [-0.39, 0.29) is 5.91 Å². The number of carbonyl (C=O) groups excluding carboxylic acids is 1. The van der Waals surface area contributed by atoms with Crippen LogP contribution in [0.3, 0.4) is 0 Å². The Labute approximate surface area is 167 Å². The molecule has 0 aliphatic heterocycles. The minimum Gasteiger partial charge on any atom is -0.493 e. The van der Waals surface area contributed by atoms with Gasteiger partial charge in [-0.05, 0) is 42.7 Å². The van der Waals surface area contributed by atoms with Crippen molar-refractivity contribution in [2.24, 2.45) is 0 Å². The molecule has 0 saturated carbocycles. The molecule has 150 valence electrons. The predicted molar refractivity (Wildman–Crippen MR) is 112 cm³/mol. The molecule has 2 aromatic carbocycles. The van der Waals surface area contributed by atoms with Crippen molar-refractivity contribution < 1.29 is 19.0 Å². The van der Waals surface area contributed by atoms with E-state index in [1.807, 2.05) is 17.0 Å². The molecule has 0 aliphatic carbocycles. The monoisotopic (exact) mass is 383 g/mol. The Hall–Kier alpha value is -2.95. The highest BCUT2D eigenvalue weighted by Crippen LogP contribution is 2.38. The zero-order valence-corrected chi connectivity index (χ0v) is 17.3. The fourth-order valence-corrected chi connectivity index (χ4v) is 2.92. The van der Waals surface area contributed by atoms with Gasteiger partial charge in [-0.2, -0.15) is 0 Å². The van der Waals surface area contributed by atoms with Crippen molar-refractivity contribution >= 4 is 12.0 Å². The summed E-state index contributed by atoms with van der Waals surface area (Å²) in [5, 5.41) is 0. The summed E-state index contributed by atoms with van der Waals surface area (Å²) in [6.45, 7) is 5.41. The molecule has 1 amide bonds. The molecular formula is C23H29NO4. The lowest BCUT2D eigenvalue weighted by atomic mass is 10.1. The van der Waals surface area contributed by atoms with Gasteiger partial charge in [-0.1, -0.05) is 36.8 Å². The second-order valence-corrected chi connectivity index (χ2v) is 6.54. The van der Waals surface area contributed by atoms with Gasteiger partial charge < -0.3 is 19.1 Å². The van der Waals surface area contributed by atoms with Crippen molar-refractivity contribution in [3.05, 3.63) is 59.2 Å². The second-order valence-electron chi connectivity index (χ2n) is 6.54. The zero-order chi connectivity index (χ0) is 20.5. The Balaban J connectivity index is 2.20. The molecule has 0 unspecified atom stereocenters. The normalized spacial score (nSPS) is 10.8. The van der Waals surface area contributed by atoms with Crippen LogP contribution in [0.15, 0.2) is 42.5 Å². The van der Waals surface area contributed by atoms with E-state index in [9.17, 15) is 4.79 Å². The number of hydrogen-bond donors (Lipinski definition) is 0. The SMILES string of the molecule is CCCN(Cc1ccc(C)cc1)C(=O)C=Cc1cc(OC)c(OC)c(OC)c1. The van der Waals surface area contributed by atoms with Crippen LogP contribution in [0, 0.1) is 6.92 Å². The molecule has 0 aliphatic rings. The molecule has 2 aromatic rings. The summed E-state index contributed by atoms with van der Waals surface area (Å²) in [5.41, 5.74) is 3.13. The van der Waals surface area contributed by atoms with Gasteiger partial charge in [0.25, 0.3) is 0 Å². The number of methoxy groups -OCH3 is 3. The number of aryl methyl sites for hydroxylation is 1. The summed E-state index contributed by atoms with van der Waals surface area (Å²) in [7, 11) is 4.70. The number of rotatable bonds is 9. The van der Waals surface area contributed by atoms with Gasteiger partial charge in [-0.3, -0.25) is 4.79 Å². The first kappa shape index (κ1) is 21.4. The quantitative estimate of drug-likeness (QED) is 0.599. The number of benzene rings is 2. The topological polar surface area (TPSA) is 48.0 Å². The van der Waals surface area contributed by atoms with Gasteiger partial charge in [-0.25, -0.2) is 0 Å². The molecule has 0 heterocycles. The maximum absolute atomic E-state index is 12.8. The molecule has 0 N–H and O–H groups in total. The number of amides is 1. The minimum absolute atomic E-state index is 0.0313. The first-order valence-corrected chi connectivity index (χ1v) is 9.34. The zero-order valence-electron chi connectivity index (χ0n) is 17.3. The van der Waals surface area contributed by atoms with Crippen molar-refractivity contribution in [2.75, 3.05) is 27.9 Å². The third-order valence-corrected chi connectivity index (χ3v) is 4.40. The Bertz CT molecular complexity index is 787. The van der Waals surface area contributed by atoms with Crippen LogP contribution in [0.4, 0.5) is 0 Å². The van der Waals surface area contributed by atoms with Gasteiger partial charge in [0.2, 0.25) is 11.7 Å². The van der Waals surface area contributed by atoms with Gasteiger partial charge in [0.1, 0.15) is 0 Å². The average molecular weight is 383 g/mol. The van der Waals surface area contributed by atoms with Crippen molar-refractivity contribution in [3.8, 4) is 17.2 Å². The van der Waals surface area contributed by atoms with Crippen LogP contribution in [0.5, 0.6) is 17.2 Å². The first-order chi connectivity index (χ1) is 13.5. The molecule has 5 heteroatoms. The van der Waals surface area contributed by atoms with Crippen LogP contribution in [-0.4, -0.2) is 38.7 Å². The van der Waals surface area contributed by atoms with Gasteiger partial charge >= 0.3 is 0 Å². The fourth-order valence-electron chi connectivity index (χ4n) is 2.92. The lowest BCUT2D eigenvalue weighted by Crippen LogP contribution is -2.29. The Morgan fingerprint density at radius 2 is 1.61 bits per heavy atom. The number of ether oxygens (including phenoxy) is 3. The summed E-state index contributed by atoms with van der Waals surface area (Å²) < 4.78 is 16.1. The van der Waals surface area contributed by atoms with Crippen LogP contribution < -0.4 is 14.2 Å². The predicted octanol–water partition coefficient (Wildman–Crippen LogP) is 4.47. The molecule has 0 aromatic heterocycles. The van der Waals surface area contributed by atoms with Crippen molar-refractivity contribution in [1.29, 1.82) is 0 Å². The van der Waals surface area contributed by atoms with Crippen LogP contribution in [-0.2, 0) is 11.3 Å². The van der Waals surface area contributed by atoms with E-state index in [4.69, 9.17) is 14.2 Å². The molecule has 28 heavy (non-hydrogen) atoms. The standard InChI is InChI=1S/C23H29NO4/c1-6-13-24(16-18-9-7-17(2)8-10-18)22(25)12-11-19-14-20(26-3)23(28-5)21(15-19)27-4/h7-12,14-15H,6,13,16H2,1-5H3. The van der Waals surface area contributed by atoms with E-state index in [1.54, 1.807) is 33.5 Å². The summed E-state index contributed by atoms with van der Waals surface area (Å²) in [6.07, 6.45) is 4.25. The highest BCUT2D eigenvalue weighted by Gasteiger charge is 2.13. The van der Waals surface area contributed by atoms with Crippen LogP contribution in [0.1, 0.15) is 30.0 Å². The van der Waals surface area contributed by atoms with E-state index in [0.29, 0.717) is 30.3 Å². The van der Waals surface area contributed by atoms with Gasteiger partial charge in [0, 0.05) is 19.2 Å². The summed E-state index contributed by atoms with van der Waals surface area (Å²) in [5.74, 6) is 1.61. The minimum atomic E-state index is -0.0313. The molecule has 0 spiro atoms. The van der Waals surface area contributed by atoms with E-state index >= 15 is 0 Å². The van der Waals surface area contributed by atoms with E-state index in [0.717, 1.165) is 17.5 Å². The number of carbonyl (C=O) groups is 1. The van der Waals surface area contributed by atoms with Gasteiger partial charge in [0.15, 0.2) is 11.5 Å². The summed E-state index contributed by atoms with van der Waals surface area (Å²) in [6, 6.07) is 11.9. The third-order valence-electron chi connectivity index (χ3n) is 4.40. The molecular weight excluding hydrogens is 354 g/mol. The molecule has 5 nitrogen and oxygen atoms in total. The lowest BCUT2D eigenvalue weighted by molar-refractivity contribution is -0.126. The van der Waals surface area contributed by atoms with E-state index < -0.39 is 0 Å². The Morgan fingerprint density at radius 3 is 2.11 bits per heavy atom. The van der Waals surface area contributed by atoms with Crippen molar-refractivity contribution in [1.82, 2.24) is 4.90 Å². The van der Waals surface area contributed by atoms with E-state index in [2.05, 4.69) is 38.1 Å². The van der Waals surface area contributed by atoms with Crippen LogP contribution in [0.2, 0.25) is 0 Å². The molecule has 0 radical (unpaired) electrons. The molecule has 0 saturated heterocycles. The maximum atomic E-state index is 12.8. The Morgan fingerprint density at radius 1 is 1.00 bits per heavy atom. The third kappa shape index (κ3) is 5.52.